The summed E-state index contributed by atoms with van der Waals surface area (Å²) in [5.74, 6) is 1.65. The van der Waals surface area contributed by atoms with E-state index in [1.807, 2.05) is 54.7 Å². The molecule has 0 saturated carbocycles. The lowest BCUT2D eigenvalue weighted by molar-refractivity contribution is 0.414. The maximum atomic E-state index is 5.20. The van der Waals surface area contributed by atoms with Crippen LogP contribution in [0.15, 0.2) is 61.1 Å². The summed E-state index contributed by atoms with van der Waals surface area (Å²) < 4.78 is 10.4. The average Bonchev–Trinajstić information content (AvgIpc) is 2.62. The van der Waals surface area contributed by atoms with Crippen molar-refractivity contribution in [2.45, 2.75) is 0 Å². The Morgan fingerprint density at radius 1 is 0.727 bits per heavy atom. The number of methoxy groups -OCH3 is 2. The minimum absolute atomic E-state index is 0.823. The smallest absolute Gasteiger partial charge is 0.118 e. The summed E-state index contributed by atoms with van der Waals surface area (Å²) >= 11 is 0. The third-order valence-electron chi connectivity index (χ3n) is 3.48. The standard InChI is InChI=1S/C18H16N2O2/c1-21-15-7-3-13(4-8-15)17-11-19-12-20-18(17)14-5-9-16(22-2)10-6-14/h3-12H,1-2H3. The second-order valence-electron chi connectivity index (χ2n) is 4.74. The summed E-state index contributed by atoms with van der Waals surface area (Å²) in [6, 6.07) is 15.7. The second kappa shape index (κ2) is 6.26. The Labute approximate surface area is 129 Å². The molecule has 0 N–H and O–H groups in total. The Kier molecular flexibility index (Phi) is 4.01. The van der Waals surface area contributed by atoms with Crippen molar-refractivity contribution in [3.05, 3.63) is 61.1 Å². The highest BCUT2D eigenvalue weighted by atomic mass is 16.5. The average molecular weight is 292 g/mol. The van der Waals surface area contributed by atoms with Crippen LogP contribution in [0.3, 0.4) is 0 Å². The van der Waals surface area contributed by atoms with Crippen LogP contribution in [0.1, 0.15) is 0 Å². The fraction of sp³-hybridized carbons (Fsp3) is 0.111. The fourth-order valence-electron chi connectivity index (χ4n) is 2.29. The highest BCUT2D eigenvalue weighted by Gasteiger charge is 2.09. The van der Waals surface area contributed by atoms with Crippen molar-refractivity contribution < 1.29 is 9.47 Å². The van der Waals surface area contributed by atoms with E-state index in [4.69, 9.17) is 9.47 Å². The minimum Gasteiger partial charge on any atom is -0.497 e. The summed E-state index contributed by atoms with van der Waals surface area (Å²) in [4.78, 5) is 8.60. The van der Waals surface area contributed by atoms with Gasteiger partial charge in [-0.05, 0) is 42.0 Å². The van der Waals surface area contributed by atoms with Gasteiger partial charge in [-0.25, -0.2) is 9.97 Å². The molecular weight excluding hydrogens is 276 g/mol. The van der Waals surface area contributed by atoms with E-state index in [1.165, 1.54) is 0 Å². The zero-order valence-corrected chi connectivity index (χ0v) is 12.5. The monoisotopic (exact) mass is 292 g/mol. The van der Waals surface area contributed by atoms with E-state index in [-0.39, 0.29) is 0 Å². The van der Waals surface area contributed by atoms with E-state index < -0.39 is 0 Å². The quantitative estimate of drug-likeness (QED) is 0.733. The van der Waals surface area contributed by atoms with E-state index in [0.717, 1.165) is 33.9 Å². The van der Waals surface area contributed by atoms with Crippen molar-refractivity contribution in [2.75, 3.05) is 14.2 Å². The third-order valence-corrected chi connectivity index (χ3v) is 3.48. The lowest BCUT2D eigenvalue weighted by Crippen LogP contribution is -1.91. The third kappa shape index (κ3) is 2.76. The first-order valence-corrected chi connectivity index (χ1v) is 6.90. The highest BCUT2D eigenvalue weighted by Crippen LogP contribution is 2.31. The first kappa shape index (κ1) is 14.1. The molecule has 4 nitrogen and oxygen atoms in total. The van der Waals surface area contributed by atoms with Crippen LogP contribution >= 0.6 is 0 Å². The number of benzene rings is 2. The molecule has 0 fully saturated rings. The molecule has 110 valence electrons. The number of hydrogen-bond acceptors (Lipinski definition) is 4. The molecule has 4 heteroatoms. The molecule has 1 heterocycles. The molecule has 0 unspecified atom stereocenters. The molecule has 2 aromatic carbocycles. The summed E-state index contributed by atoms with van der Waals surface area (Å²) in [5, 5.41) is 0. The predicted octanol–water partition coefficient (Wildman–Crippen LogP) is 3.83. The molecule has 22 heavy (non-hydrogen) atoms. The fourth-order valence-corrected chi connectivity index (χ4v) is 2.29. The highest BCUT2D eigenvalue weighted by molar-refractivity contribution is 5.80. The number of rotatable bonds is 4. The van der Waals surface area contributed by atoms with Gasteiger partial charge in [0.15, 0.2) is 0 Å². The normalized spacial score (nSPS) is 10.3. The van der Waals surface area contributed by atoms with Gasteiger partial charge in [-0.15, -0.1) is 0 Å². The summed E-state index contributed by atoms with van der Waals surface area (Å²) in [5.41, 5.74) is 3.94. The Bertz CT molecular complexity index is 686. The molecule has 0 saturated heterocycles. The lowest BCUT2D eigenvalue weighted by Gasteiger charge is -2.09. The summed E-state index contributed by atoms with van der Waals surface area (Å²) in [7, 11) is 3.31. The maximum absolute atomic E-state index is 5.20. The van der Waals surface area contributed by atoms with Crippen molar-refractivity contribution >= 4 is 0 Å². The van der Waals surface area contributed by atoms with Crippen LogP contribution in [0.2, 0.25) is 0 Å². The number of aromatic nitrogens is 2. The van der Waals surface area contributed by atoms with Crippen molar-refractivity contribution in [1.82, 2.24) is 9.97 Å². The van der Waals surface area contributed by atoms with Gasteiger partial charge in [0.1, 0.15) is 17.8 Å². The molecule has 0 aliphatic rings. The Hall–Kier alpha value is -2.88. The van der Waals surface area contributed by atoms with E-state index in [0.29, 0.717) is 0 Å². The Morgan fingerprint density at radius 3 is 1.82 bits per heavy atom. The van der Waals surface area contributed by atoms with Crippen molar-refractivity contribution in [3.63, 3.8) is 0 Å². The van der Waals surface area contributed by atoms with Crippen molar-refractivity contribution in [2.24, 2.45) is 0 Å². The van der Waals surface area contributed by atoms with Gasteiger partial charge in [-0.2, -0.15) is 0 Å². The molecule has 1 aromatic heterocycles. The first-order chi connectivity index (χ1) is 10.8. The first-order valence-electron chi connectivity index (χ1n) is 6.90. The summed E-state index contributed by atoms with van der Waals surface area (Å²) in [6.07, 6.45) is 3.39. The lowest BCUT2D eigenvalue weighted by atomic mass is 10.0. The molecule has 3 aromatic rings. The van der Waals surface area contributed by atoms with Crippen LogP contribution in [0.4, 0.5) is 0 Å². The molecule has 0 aliphatic heterocycles. The number of hydrogen-bond donors (Lipinski definition) is 0. The zero-order chi connectivity index (χ0) is 15.4. The number of ether oxygens (including phenoxy) is 2. The van der Waals surface area contributed by atoms with Crippen LogP contribution < -0.4 is 9.47 Å². The van der Waals surface area contributed by atoms with Crippen LogP contribution in [0.25, 0.3) is 22.4 Å². The largest absolute Gasteiger partial charge is 0.497 e. The van der Waals surface area contributed by atoms with Gasteiger partial charge < -0.3 is 9.47 Å². The molecule has 0 bridgehead atoms. The van der Waals surface area contributed by atoms with Crippen molar-refractivity contribution in [1.29, 1.82) is 0 Å². The van der Waals surface area contributed by atoms with Crippen LogP contribution in [0, 0.1) is 0 Å². The Morgan fingerprint density at radius 2 is 1.27 bits per heavy atom. The molecular formula is C18H16N2O2. The van der Waals surface area contributed by atoms with Gasteiger partial charge in [-0.1, -0.05) is 12.1 Å². The molecule has 0 amide bonds. The molecule has 0 spiro atoms. The minimum atomic E-state index is 0.823. The van der Waals surface area contributed by atoms with Gasteiger partial charge >= 0.3 is 0 Å². The topological polar surface area (TPSA) is 44.2 Å². The predicted molar refractivity (Wildman–Crippen MR) is 86.0 cm³/mol. The van der Waals surface area contributed by atoms with Gasteiger partial charge in [-0.3, -0.25) is 0 Å². The number of nitrogens with zero attached hydrogens (tertiary/aromatic N) is 2. The molecule has 0 aliphatic carbocycles. The zero-order valence-electron chi connectivity index (χ0n) is 12.5. The van der Waals surface area contributed by atoms with E-state index >= 15 is 0 Å². The van der Waals surface area contributed by atoms with Crippen molar-refractivity contribution in [3.8, 4) is 33.9 Å². The van der Waals surface area contributed by atoms with E-state index in [2.05, 4.69) is 9.97 Å². The van der Waals surface area contributed by atoms with Crippen LogP contribution in [-0.2, 0) is 0 Å². The SMILES string of the molecule is COc1ccc(-c2cncnc2-c2ccc(OC)cc2)cc1. The summed E-state index contributed by atoms with van der Waals surface area (Å²) in [6.45, 7) is 0. The molecule has 0 radical (unpaired) electrons. The Balaban J connectivity index is 2.04. The maximum Gasteiger partial charge on any atom is 0.118 e. The van der Waals surface area contributed by atoms with E-state index in [9.17, 15) is 0 Å². The van der Waals surface area contributed by atoms with Gasteiger partial charge in [0.25, 0.3) is 0 Å². The van der Waals surface area contributed by atoms with Crippen LogP contribution in [0.5, 0.6) is 11.5 Å². The second-order valence-corrected chi connectivity index (χ2v) is 4.74. The molecule has 0 atom stereocenters. The molecule has 3 rings (SSSR count). The van der Waals surface area contributed by atoms with Gasteiger partial charge in [0.05, 0.1) is 19.9 Å². The van der Waals surface area contributed by atoms with Crippen LogP contribution in [-0.4, -0.2) is 24.2 Å². The van der Waals surface area contributed by atoms with Gasteiger partial charge in [0, 0.05) is 17.3 Å². The van der Waals surface area contributed by atoms with E-state index in [1.54, 1.807) is 20.5 Å². The van der Waals surface area contributed by atoms with Gasteiger partial charge in [0.2, 0.25) is 0 Å².